The molecule has 4 heterocycles. The Hall–Kier alpha value is -2.45. The SMILES string of the molecule is O=C(CSc1nnc2c3c4c(sc3ncn12)CCCC4)N1CCc2ccccc21. The third kappa shape index (κ3) is 2.77. The average Bonchev–Trinajstić information content (AvgIpc) is 3.46. The highest BCUT2D eigenvalue weighted by Gasteiger charge is 2.25. The first kappa shape index (κ1) is 17.4. The van der Waals surface area contributed by atoms with Crippen molar-refractivity contribution in [3.8, 4) is 0 Å². The molecule has 0 spiro atoms. The third-order valence-electron chi connectivity index (χ3n) is 5.84. The van der Waals surface area contributed by atoms with Gasteiger partial charge in [-0.25, -0.2) is 4.98 Å². The van der Waals surface area contributed by atoms with E-state index in [0.717, 1.165) is 52.5 Å². The van der Waals surface area contributed by atoms with Crippen molar-refractivity contribution in [2.45, 2.75) is 37.3 Å². The Morgan fingerprint density at radius 1 is 1.14 bits per heavy atom. The Kier molecular flexibility index (Phi) is 4.09. The van der Waals surface area contributed by atoms with Gasteiger partial charge in [0.1, 0.15) is 11.2 Å². The van der Waals surface area contributed by atoms with Crippen molar-refractivity contribution in [1.29, 1.82) is 0 Å². The van der Waals surface area contributed by atoms with Crippen LogP contribution in [0.5, 0.6) is 0 Å². The lowest BCUT2D eigenvalue weighted by Gasteiger charge is -2.16. The zero-order valence-electron chi connectivity index (χ0n) is 15.8. The minimum atomic E-state index is 0.110. The molecule has 0 bridgehead atoms. The maximum Gasteiger partial charge on any atom is 0.237 e. The van der Waals surface area contributed by atoms with Gasteiger partial charge in [-0.1, -0.05) is 30.0 Å². The highest BCUT2D eigenvalue weighted by Crippen LogP contribution is 2.37. The van der Waals surface area contributed by atoms with Crippen LogP contribution in [-0.4, -0.2) is 37.8 Å². The van der Waals surface area contributed by atoms with Gasteiger partial charge in [-0.15, -0.1) is 21.5 Å². The predicted octanol–water partition coefficient (Wildman–Crippen LogP) is 3.90. The molecule has 2 aliphatic rings. The summed E-state index contributed by atoms with van der Waals surface area (Å²) in [7, 11) is 0. The van der Waals surface area contributed by atoms with E-state index in [2.05, 4.69) is 21.2 Å². The smallest absolute Gasteiger partial charge is 0.237 e. The number of fused-ring (bicyclic) bond motifs is 6. The van der Waals surface area contributed by atoms with Crippen molar-refractivity contribution in [3.05, 3.63) is 46.6 Å². The second-order valence-corrected chi connectivity index (χ2v) is 9.55. The Balaban J connectivity index is 1.29. The van der Waals surface area contributed by atoms with Crippen LogP contribution in [0.3, 0.4) is 0 Å². The molecular formula is C21H19N5OS2. The van der Waals surface area contributed by atoms with Crippen molar-refractivity contribution >= 4 is 50.6 Å². The van der Waals surface area contributed by atoms with Crippen LogP contribution in [0.15, 0.2) is 35.7 Å². The number of hydrogen-bond acceptors (Lipinski definition) is 6. The van der Waals surface area contributed by atoms with Gasteiger partial charge in [0.2, 0.25) is 5.91 Å². The molecule has 4 aromatic rings. The van der Waals surface area contributed by atoms with E-state index in [-0.39, 0.29) is 5.91 Å². The molecule has 0 saturated heterocycles. The summed E-state index contributed by atoms with van der Waals surface area (Å²) in [5.74, 6) is 0.452. The molecule has 0 N–H and O–H groups in total. The fraction of sp³-hybridized carbons (Fsp3) is 0.333. The first-order valence-corrected chi connectivity index (χ1v) is 11.7. The van der Waals surface area contributed by atoms with E-state index in [9.17, 15) is 4.79 Å². The van der Waals surface area contributed by atoms with Gasteiger partial charge in [0.15, 0.2) is 10.8 Å². The first-order valence-electron chi connectivity index (χ1n) is 9.94. The Morgan fingerprint density at radius 3 is 3.00 bits per heavy atom. The number of thiophene rings is 1. The average molecular weight is 422 g/mol. The van der Waals surface area contributed by atoms with E-state index in [1.54, 1.807) is 17.7 Å². The maximum absolute atomic E-state index is 12.8. The first-order chi connectivity index (χ1) is 14.3. The lowest BCUT2D eigenvalue weighted by Crippen LogP contribution is -2.30. The summed E-state index contributed by atoms with van der Waals surface area (Å²) in [6.45, 7) is 0.753. The Bertz CT molecular complexity index is 1260. The predicted molar refractivity (Wildman–Crippen MR) is 116 cm³/mol. The van der Waals surface area contributed by atoms with Crippen LogP contribution >= 0.6 is 23.1 Å². The molecule has 1 aliphatic carbocycles. The fourth-order valence-electron chi connectivity index (χ4n) is 4.43. The summed E-state index contributed by atoms with van der Waals surface area (Å²) in [5, 5.41) is 10.7. The number of benzene rings is 1. The molecule has 0 fully saturated rings. The van der Waals surface area contributed by atoms with E-state index in [1.165, 1.54) is 40.6 Å². The third-order valence-corrected chi connectivity index (χ3v) is 7.97. The van der Waals surface area contributed by atoms with Crippen molar-refractivity contribution in [2.24, 2.45) is 0 Å². The lowest BCUT2D eigenvalue weighted by molar-refractivity contribution is -0.116. The molecule has 3 aromatic heterocycles. The molecule has 1 amide bonds. The number of amides is 1. The number of aromatic nitrogens is 4. The van der Waals surface area contributed by atoms with Crippen LogP contribution in [0.2, 0.25) is 0 Å². The molecular weight excluding hydrogens is 402 g/mol. The monoisotopic (exact) mass is 421 g/mol. The number of anilines is 1. The number of nitrogens with zero attached hydrogens (tertiary/aromatic N) is 5. The highest BCUT2D eigenvalue weighted by atomic mass is 32.2. The van der Waals surface area contributed by atoms with E-state index in [4.69, 9.17) is 0 Å². The Labute approximate surface area is 176 Å². The van der Waals surface area contributed by atoms with Gasteiger partial charge in [-0.05, 0) is 49.3 Å². The largest absolute Gasteiger partial charge is 0.311 e. The van der Waals surface area contributed by atoms with Crippen LogP contribution in [0.1, 0.15) is 28.8 Å². The van der Waals surface area contributed by atoms with Gasteiger partial charge in [-0.3, -0.25) is 9.20 Å². The zero-order chi connectivity index (χ0) is 19.4. The van der Waals surface area contributed by atoms with Crippen LogP contribution in [0.4, 0.5) is 5.69 Å². The van der Waals surface area contributed by atoms with Gasteiger partial charge in [-0.2, -0.15) is 0 Å². The summed E-state index contributed by atoms with van der Waals surface area (Å²) in [6.07, 6.45) is 7.44. The molecule has 0 saturated carbocycles. The summed E-state index contributed by atoms with van der Waals surface area (Å²) >= 11 is 3.23. The number of carbonyl (C=O) groups excluding carboxylic acids is 1. The van der Waals surface area contributed by atoms with Crippen LogP contribution in [0.25, 0.3) is 15.9 Å². The van der Waals surface area contributed by atoms with E-state index in [0.29, 0.717) is 5.75 Å². The van der Waals surface area contributed by atoms with E-state index >= 15 is 0 Å². The topological polar surface area (TPSA) is 63.4 Å². The molecule has 146 valence electrons. The van der Waals surface area contributed by atoms with Crippen LogP contribution < -0.4 is 4.90 Å². The van der Waals surface area contributed by atoms with Gasteiger partial charge >= 0.3 is 0 Å². The second-order valence-electron chi connectivity index (χ2n) is 7.52. The lowest BCUT2D eigenvalue weighted by atomic mass is 9.97. The Morgan fingerprint density at radius 2 is 2.03 bits per heavy atom. The minimum absolute atomic E-state index is 0.110. The van der Waals surface area contributed by atoms with Crippen molar-refractivity contribution in [2.75, 3.05) is 17.2 Å². The standard InChI is InChI=1S/C21H19N5OS2/c27-17(25-10-9-13-5-1-3-7-15(13)25)11-28-21-24-23-19-18-14-6-2-4-8-16(14)29-20(18)22-12-26(19)21/h1,3,5,7,12H,2,4,6,8-11H2. The quantitative estimate of drug-likeness (QED) is 0.470. The van der Waals surface area contributed by atoms with Crippen molar-refractivity contribution < 1.29 is 4.79 Å². The van der Waals surface area contributed by atoms with Crippen LogP contribution in [-0.2, 0) is 24.1 Å². The number of aryl methyl sites for hydroxylation is 2. The van der Waals surface area contributed by atoms with E-state index in [1.807, 2.05) is 27.5 Å². The zero-order valence-corrected chi connectivity index (χ0v) is 17.4. The molecule has 1 aliphatic heterocycles. The van der Waals surface area contributed by atoms with Crippen molar-refractivity contribution in [1.82, 2.24) is 19.6 Å². The molecule has 1 aromatic carbocycles. The highest BCUT2D eigenvalue weighted by molar-refractivity contribution is 7.99. The van der Waals surface area contributed by atoms with Gasteiger partial charge in [0.05, 0.1) is 11.1 Å². The van der Waals surface area contributed by atoms with Crippen LogP contribution in [0, 0.1) is 0 Å². The van der Waals surface area contributed by atoms with Gasteiger partial charge in [0.25, 0.3) is 0 Å². The number of carbonyl (C=O) groups is 1. The van der Waals surface area contributed by atoms with Crippen molar-refractivity contribution in [3.63, 3.8) is 0 Å². The minimum Gasteiger partial charge on any atom is -0.311 e. The molecule has 6 rings (SSSR count). The molecule has 0 unspecified atom stereocenters. The summed E-state index contributed by atoms with van der Waals surface area (Å²) in [5.41, 5.74) is 4.56. The number of thioether (sulfide) groups is 1. The maximum atomic E-state index is 12.8. The van der Waals surface area contributed by atoms with Gasteiger partial charge in [0, 0.05) is 17.1 Å². The normalized spacial score (nSPS) is 15.8. The second kappa shape index (κ2) is 6.81. The number of para-hydroxylation sites is 1. The molecule has 0 radical (unpaired) electrons. The summed E-state index contributed by atoms with van der Waals surface area (Å²) in [4.78, 5) is 21.9. The molecule has 29 heavy (non-hydrogen) atoms. The molecule has 6 nitrogen and oxygen atoms in total. The number of rotatable bonds is 3. The molecule has 8 heteroatoms. The molecule has 0 atom stereocenters. The van der Waals surface area contributed by atoms with Gasteiger partial charge < -0.3 is 4.90 Å². The van der Waals surface area contributed by atoms with E-state index < -0.39 is 0 Å². The number of hydrogen-bond donors (Lipinski definition) is 0. The fourth-order valence-corrected chi connectivity index (χ4v) is 6.44. The summed E-state index contributed by atoms with van der Waals surface area (Å²) in [6, 6.07) is 8.14. The summed E-state index contributed by atoms with van der Waals surface area (Å²) < 4.78 is 1.94.